The van der Waals surface area contributed by atoms with Crippen molar-refractivity contribution in [3.8, 4) is 11.1 Å². The van der Waals surface area contributed by atoms with Crippen LogP contribution in [0.15, 0.2) is 54.6 Å². The third-order valence-corrected chi connectivity index (χ3v) is 3.20. The summed E-state index contributed by atoms with van der Waals surface area (Å²) in [7, 11) is 0. The summed E-state index contributed by atoms with van der Waals surface area (Å²) in [5.74, 6) is -1.38. The molecule has 0 aliphatic carbocycles. The van der Waals surface area contributed by atoms with E-state index in [1.54, 1.807) is 0 Å². The molecule has 3 heteroatoms. The molecule has 0 aliphatic heterocycles. The van der Waals surface area contributed by atoms with Crippen molar-refractivity contribution < 1.29 is 9.90 Å². The van der Waals surface area contributed by atoms with Crippen molar-refractivity contribution in [2.75, 3.05) is 6.54 Å². The summed E-state index contributed by atoms with van der Waals surface area (Å²) < 4.78 is 0. The lowest BCUT2D eigenvalue weighted by atomic mass is 9.92. The highest BCUT2D eigenvalue weighted by atomic mass is 16.4. The van der Waals surface area contributed by atoms with Crippen molar-refractivity contribution in [2.45, 2.75) is 6.42 Å². The summed E-state index contributed by atoms with van der Waals surface area (Å²) in [6.07, 6.45) is 0.455. The zero-order valence-electron chi connectivity index (χ0n) is 10.6. The van der Waals surface area contributed by atoms with Crippen molar-refractivity contribution >= 4 is 5.97 Å². The highest BCUT2D eigenvalue weighted by molar-refractivity contribution is 5.73. The van der Waals surface area contributed by atoms with Crippen LogP contribution in [0.3, 0.4) is 0 Å². The Bertz CT molecular complexity index is 552. The molecule has 0 unspecified atom stereocenters. The van der Waals surface area contributed by atoms with E-state index in [0.29, 0.717) is 6.42 Å². The second-order valence-electron chi connectivity index (χ2n) is 4.50. The summed E-state index contributed by atoms with van der Waals surface area (Å²) in [6.45, 7) is 0.151. The molecule has 0 saturated carbocycles. The Morgan fingerprint density at radius 3 is 2.32 bits per heavy atom. The van der Waals surface area contributed by atoms with Gasteiger partial charge in [0.05, 0.1) is 5.92 Å². The molecule has 0 fully saturated rings. The van der Waals surface area contributed by atoms with Crippen molar-refractivity contribution in [1.29, 1.82) is 0 Å². The molecule has 1 atom stereocenters. The lowest BCUT2D eigenvalue weighted by molar-refractivity contribution is -0.141. The molecule has 0 amide bonds. The molecule has 3 nitrogen and oxygen atoms in total. The molecule has 2 aromatic carbocycles. The van der Waals surface area contributed by atoms with E-state index in [0.717, 1.165) is 16.7 Å². The Morgan fingerprint density at radius 1 is 1.05 bits per heavy atom. The maximum Gasteiger partial charge on any atom is 0.308 e. The molecule has 0 radical (unpaired) electrons. The smallest absolute Gasteiger partial charge is 0.308 e. The van der Waals surface area contributed by atoms with Gasteiger partial charge in [-0.2, -0.15) is 0 Å². The first-order valence-corrected chi connectivity index (χ1v) is 6.28. The Morgan fingerprint density at radius 2 is 1.68 bits per heavy atom. The summed E-state index contributed by atoms with van der Waals surface area (Å²) in [5.41, 5.74) is 8.72. The van der Waals surface area contributed by atoms with Crippen molar-refractivity contribution in [3.63, 3.8) is 0 Å². The van der Waals surface area contributed by atoms with Crippen LogP contribution in [0.1, 0.15) is 5.56 Å². The second kappa shape index (κ2) is 6.16. The van der Waals surface area contributed by atoms with Gasteiger partial charge in [0.25, 0.3) is 0 Å². The molecule has 0 heterocycles. The largest absolute Gasteiger partial charge is 0.481 e. The molecule has 0 spiro atoms. The summed E-state index contributed by atoms with van der Waals surface area (Å²) in [6, 6.07) is 17.8. The van der Waals surface area contributed by atoms with E-state index in [1.807, 2.05) is 54.6 Å². The van der Waals surface area contributed by atoms with E-state index < -0.39 is 11.9 Å². The van der Waals surface area contributed by atoms with Crippen LogP contribution >= 0.6 is 0 Å². The van der Waals surface area contributed by atoms with Gasteiger partial charge >= 0.3 is 5.97 Å². The molecule has 0 aliphatic rings. The predicted molar refractivity (Wildman–Crippen MR) is 75.8 cm³/mol. The van der Waals surface area contributed by atoms with Gasteiger partial charge in [0.2, 0.25) is 0 Å². The summed E-state index contributed by atoms with van der Waals surface area (Å²) in [4.78, 5) is 11.1. The minimum Gasteiger partial charge on any atom is -0.481 e. The van der Waals surface area contributed by atoms with Crippen LogP contribution in [0.25, 0.3) is 11.1 Å². The quantitative estimate of drug-likeness (QED) is 0.863. The molecule has 3 N–H and O–H groups in total. The van der Waals surface area contributed by atoms with E-state index in [1.165, 1.54) is 0 Å². The van der Waals surface area contributed by atoms with Gasteiger partial charge in [0.1, 0.15) is 0 Å². The standard InChI is InChI=1S/C16H17NO2/c17-11-14(16(18)19)10-13-8-4-5-9-15(13)12-6-2-1-3-7-12/h1-9,14H,10-11,17H2,(H,18,19)/t14-/m1/s1. The number of benzene rings is 2. The summed E-state index contributed by atoms with van der Waals surface area (Å²) in [5, 5.41) is 9.12. The fourth-order valence-corrected chi connectivity index (χ4v) is 2.13. The molecule has 19 heavy (non-hydrogen) atoms. The molecular weight excluding hydrogens is 238 g/mol. The number of aliphatic carboxylic acids is 1. The highest BCUT2D eigenvalue weighted by Gasteiger charge is 2.17. The number of carboxylic acids is 1. The molecule has 0 saturated heterocycles. The maximum atomic E-state index is 11.1. The van der Waals surface area contributed by atoms with Crippen LogP contribution in [0.2, 0.25) is 0 Å². The van der Waals surface area contributed by atoms with Crippen molar-refractivity contribution in [1.82, 2.24) is 0 Å². The Labute approximate surface area is 112 Å². The number of nitrogens with two attached hydrogens (primary N) is 1. The Balaban J connectivity index is 2.34. The number of carbonyl (C=O) groups is 1. The maximum absolute atomic E-state index is 11.1. The third kappa shape index (κ3) is 3.20. The van der Waals surface area contributed by atoms with Gasteiger partial charge in [0, 0.05) is 6.54 Å². The number of carboxylic acid groups (broad SMARTS) is 1. The van der Waals surface area contributed by atoms with Gasteiger partial charge in [-0.1, -0.05) is 54.6 Å². The van der Waals surface area contributed by atoms with Crippen molar-refractivity contribution in [3.05, 3.63) is 60.2 Å². The SMILES string of the molecule is NC[C@@H](Cc1ccccc1-c1ccccc1)C(=O)O. The first-order valence-electron chi connectivity index (χ1n) is 6.28. The van der Waals surface area contributed by atoms with Gasteiger partial charge in [-0.05, 0) is 23.1 Å². The molecule has 0 aromatic heterocycles. The van der Waals surface area contributed by atoms with Crippen molar-refractivity contribution in [2.24, 2.45) is 11.7 Å². The van der Waals surface area contributed by atoms with Gasteiger partial charge in [-0.25, -0.2) is 0 Å². The first kappa shape index (κ1) is 13.3. The average molecular weight is 255 g/mol. The Kier molecular flexibility index (Phi) is 4.31. The summed E-state index contributed by atoms with van der Waals surface area (Å²) >= 11 is 0. The highest BCUT2D eigenvalue weighted by Crippen LogP contribution is 2.25. The normalized spacial score (nSPS) is 12.1. The second-order valence-corrected chi connectivity index (χ2v) is 4.50. The fraction of sp³-hybridized carbons (Fsp3) is 0.188. The topological polar surface area (TPSA) is 63.3 Å². The average Bonchev–Trinajstić information content (AvgIpc) is 2.45. The van der Waals surface area contributed by atoms with E-state index in [2.05, 4.69) is 0 Å². The monoisotopic (exact) mass is 255 g/mol. The fourth-order valence-electron chi connectivity index (χ4n) is 2.13. The number of rotatable bonds is 5. The zero-order valence-corrected chi connectivity index (χ0v) is 10.6. The van der Waals surface area contributed by atoms with Crippen LogP contribution < -0.4 is 5.73 Å². The lowest BCUT2D eigenvalue weighted by Crippen LogP contribution is -2.25. The number of hydrogen-bond donors (Lipinski definition) is 2. The first-order chi connectivity index (χ1) is 9.22. The third-order valence-electron chi connectivity index (χ3n) is 3.20. The molecule has 98 valence electrons. The van der Waals surface area contributed by atoms with E-state index in [4.69, 9.17) is 10.8 Å². The minimum absolute atomic E-state index is 0.151. The van der Waals surface area contributed by atoms with Crippen LogP contribution in [-0.2, 0) is 11.2 Å². The molecule has 2 rings (SSSR count). The van der Waals surface area contributed by atoms with Crippen LogP contribution in [-0.4, -0.2) is 17.6 Å². The van der Waals surface area contributed by atoms with E-state index >= 15 is 0 Å². The van der Waals surface area contributed by atoms with Crippen LogP contribution in [0.5, 0.6) is 0 Å². The predicted octanol–water partition coefficient (Wildman–Crippen LogP) is 2.56. The van der Waals surface area contributed by atoms with Gasteiger partial charge in [-0.3, -0.25) is 4.79 Å². The van der Waals surface area contributed by atoms with E-state index in [-0.39, 0.29) is 6.54 Å². The number of hydrogen-bond acceptors (Lipinski definition) is 2. The van der Waals surface area contributed by atoms with Gasteiger partial charge in [0.15, 0.2) is 0 Å². The molecule has 0 bridgehead atoms. The van der Waals surface area contributed by atoms with E-state index in [9.17, 15) is 4.79 Å². The zero-order chi connectivity index (χ0) is 13.7. The molecule has 2 aromatic rings. The van der Waals surface area contributed by atoms with Crippen LogP contribution in [0, 0.1) is 5.92 Å². The van der Waals surface area contributed by atoms with Gasteiger partial charge in [-0.15, -0.1) is 0 Å². The minimum atomic E-state index is -0.842. The van der Waals surface area contributed by atoms with Gasteiger partial charge < -0.3 is 10.8 Å². The lowest BCUT2D eigenvalue weighted by Gasteiger charge is -2.13. The Hall–Kier alpha value is -2.13. The molecular formula is C16H17NO2. The van der Waals surface area contributed by atoms with Crippen LogP contribution in [0.4, 0.5) is 0 Å².